The van der Waals surface area contributed by atoms with Gasteiger partial charge in [-0.15, -0.1) is 0 Å². The molecule has 0 bridgehead atoms. The molecular weight excluding hydrogens is 162 g/mol. The molecule has 0 saturated heterocycles. The molecule has 0 aromatic carbocycles. The topological polar surface area (TPSA) is 78.8 Å². The SMILES string of the molecule is COC(C)C(=O)NC(CO)CO. The van der Waals surface area contributed by atoms with Crippen LogP contribution in [0.15, 0.2) is 0 Å². The van der Waals surface area contributed by atoms with E-state index in [1.165, 1.54) is 7.11 Å². The van der Waals surface area contributed by atoms with E-state index < -0.39 is 12.1 Å². The second-order valence-corrected chi connectivity index (χ2v) is 2.45. The number of ether oxygens (including phenoxy) is 1. The Kier molecular flexibility index (Phi) is 5.61. The molecule has 0 spiro atoms. The second kappa shape index (κ2) is 5.93. The van der Waals surface area contributed by atoms with Gasteiger partial charge in [0.1, 0.15) is 6.10 Å². The standard InChI is InChI=1S/C7H15NO4/c1-5(12-2)7(11)8-6(3-9)4-10/h5-6,9-10H,3-4H2,1-2H3,(H,8,11). The van der Waals surface area contributed by atoms with E-state index in [-0.39, 0.29) is 19.1 Å². The number of carbonyl (C=O) groups is 1. The smallest absolute Gasteiger partial charge is 0.249 e. The number of rotatable bonds is 5. The molecule has 1 amide bonds. The Morgan fingerprint density at radius 2 is 2.00 bits per heavy atom. The molecule has 0 aromatic heterocycles. The number of hydrogen-bond donors (Lipinski definition) is 3. The average Bonchev–Trinajstić information content (AvgIpc) is 2.12. The lowest BCUT2D eigenvalue weighted by molar-refractivity contribution is -0.131. The zero-order valence-electron chi connectivity index (χ0n) is 7.28. The van der Waals surface area contributed by atoms with E-state index in [9.17, 15) is 4.79 Å². The zero-order chi connectivity index (χ0) is 9.56. The van der Waals surface area contributed by atoms with Crippen molar-refractivity contribution in [1.29, 1.82) is 0 Å². The Morgan fingerprint density at radius 1 is 1.50 bits per heavy atom. The number of carbonyl (C=O) groups excluding carboxylic acids is 1. The Labute approximate surface area is 71.3 Å². The molecule has 0 aliphatic carbocycles. The number of aliphatic hydroxyl groups is 2. The summed E-state index contributed by atoms with van der Waals surface area (Å²) in [6.45, 7) is 1.03. The summed E-state index contributed by atoms with van der Waals surface area (Å²) in [5.41, 5.74) is 0. The van der Waals surface area contributed by atoms with Crippen LogP contribution >= 0.6 is 0 Å². The summed E-state index contributed by atoms with van der Waals surface area (Å²) in [5.74, 6) is -0.342. The maximum atomic E-state index is 11.0. The molecular formula is C7H15NO4. The molecule has 0 radical (unpaired) electrons. The van der Waals surface area contributed by atoms with Crippen molar-refractivity contribution >= 4 is 5.91 Å². The first kappa shape index (κ1) is 11.4. The summed E-state index contributed by atoms with van der Waals surface area (Å²) in [6.07, 6.45) is -0.564. The van der Waals surface area contributed by atoms with Crippen LogP contribution in [0.3, 0.4) is 0 Å². The molecule has 0 aliphatic heterocycles. The van der Waals surface area contributed by atoms with Gasteiger partial charge >= 0.3 is 0 Å². The van der Waals surface area contributed by atoms with Gasteiger partial charge in [0.15, 0.2) is 0 Å². The van der Waals surface area contributed by atoms with Crippen LogP contribution < -0.4 is 5.32 Å². The van der Waals surface area contributed by atoms with Crippen molar-refractivity contribution in [3.8, 4) is 0 Å². The minimum atomic E-state index is -0.602. The van der Waals surface area contributed by atoms with Gasteiger partial charge in [0.2, 0.25) is 5.91 Å². The van der Waals surface area contributed by atoms with Crippen LogP contribution in [-0.4, -0.2) is 48.6 Å². The van der Waals surface area contributed by atoms with E-state index in [2.05, 4.69) is 5.32 Å². The fourth-order valence-corrected chi connectivity index (χ4v) is 0.575. The molecule has 0 rings (SSSR count). The Morgan fingerprint density at radius 3 is 2.33 bits per heavy atom. The lowest BCUT2D eigenvalue weighted by Gasteiger charge is -2.16. The van der Waals surface area contributed by atoms with Crippen molar-refractivity contribution in [2.45, 2.75) is 19.1 Å². The molecule has 5 heteroatoms. The number of methoxy groups -OCH3 is 1. The van der Waals surface area contributed by atoms with Gasteiger partial charge in [0.25, 0.3) is 0 Å². The van der Waals surface area contributed by atoms with Crippen molar-refractivity contribution in [2.75, 3.05) is 20.3 Å². The maximum absolute atomic E-state index is 11.0. The highest BCUT2D eigenvalue weighted by Gasteiger charge is 2.15. The first-order valence-corrected chi connectivity index (χ1v) is 3.70. The summed E-state index contributed by atoms with van der Waals surface area (Å²) in [4.78, 5) is 11.0. The van der Waals surface area contributed by atoms with Crippen LogP contribution in [0.25, 0.3) is 0 Å². The summed E-state index contributed by atoms with van der Waals surface area (Å²) >= 11 is 0. The van der Waals surface area contributed by atoms with Crippen LogP contribution in [0.1, 0.15) is 6.92 Å². The van der Waals surface area contributed by atoms with Gasteiger partial charge in [0, 0.05) is 7.11 Å². The normalized spacial score (nSPS) is 13.1. The summed E-state index contributed by atoms with van der Waals surface area (Å²) < 4.78 is 4.73. The van der Waals surface area contributed by atoms with Crippen molar-refractivity contribution in [2.24, 2.45) is 0 Å². The minimum absolute atomic E-state index is 0.279. The van der Waals surface area contributed by atoms with E-state index in [1.807, 2.05) is 0 Å². The number of nitrogens with one attached hydrogen (secondary N) is 1. The van der Waals surface area contributed by atoms with Gasteiger partial charge in [0.05, 0.1) is 19.3 Å². The third kappa shape index (κ3) is 3.66. The predicted molar refractivity (Wildman–Crippen MR) is 42.6 cm³/mol. The Bertz CT molecular complexity index is 135. The van der Waals surface area contributed by atoms with Crippen LogP contribution in [-0.2, 0) is 9.53 Å². The molecule has 5 nitrogen and oxygen atoms in total. The molecule has 1 atom stereocenters. The van der Waals surface area contributed by atoms with Crippen molar-refractivity contribution in [1.82, 2.24) is 5.32 Å². The lowest BCUT2D eigenvalue weighted by atomic mass is 10.3. The summed E-state index contributed by atoms with van der Waals surface area (Å²) in [5, 5.41) is 19.6. The summed E-state index contributed by atoms with van der Waals surface area (Å²) in [7, 11) is 1.41. The third-order valence-electron chi connectivity index (χ3n) is 1.51. The van der Waals surface area contributed by atoms with Crippen molar-refractivity contribution in [3.05, 3.63) is 0 Å². The van der Waals surface area contributed by atoms with Gasteiger partial charge in [-0.3, -0.25) is 4.79 Å². The van der Waals surface area contributed by atoms with Gasteiger partial charge in [-0.1, -0.05) is 0 Å². The average molecular weight is 177 g/mol. The van der Waals surface area contributed by atoms with Crippen molar-refractivity contribution in [3.63, 3.8) is 0 Å². The van der Waals surface area contributed by atoms with Crippen LogP contribution in [0.4, 0.5) is 0 Å². The van der Waals surface area contributed by atoms with Gasteiger partial charge in [-0.2, -0.15) is 0 Å². The molecule has 3 N–H and O–H groups in total. The first-order chi connectivity index (χ1) is 5.65. The fourth-order valence-electron chi connectivity index (χ4n) is 0.575. The highest BCUT2D eigenvalue weighted by molar-refractivity contribution is 5.80. The minimum Gasteiger partial charge on any atom is -0.394 e. The molecule has 0 aromatic rings. The number of amides is 1. The van der Waals surface area contributed by atoms with Crippen LogP contribution in [0.5, 0.6) is 0 Å². The van der Waals surface area contributed by atoms with Crippen molar-refractivity contribution < 1.29 is 19.7 Å². The van der Waals surface area contributed by atoms with Gasteiger partial charge in [-0.05, 0) is 6.92 Å². The molecule has 0 fully saturated rings. The van der Waals surface area contributed by atoms with E-state index in [0.717, 1.165) is 0 Å². The first-order valence-electron chi connectivity index (χ1n) is 3.70. The highest BCUT2D eigenvalue weighted by Crippen LogP contribution is 1.89. The van der Waals surface area contributed by atoms with Crippen LogP contribution in [0, 0.1) is 0 Å². The quantitative estimate of drug-likeness (QED) is 0.477. The monoisotopic (exact) mass is 177 g/mol. The molecule has 0 heterocycles. The maximum Gasteiger partial charge on any atom is 0.249 e. The Hall–Kier alpha value is -0.650. The Balaban J connectivity index is 3.81. The van der Waals surface area contributed by atoms with E-state index >= 15 is 0 Å². The van der Waals surface area contributed by atoms with Crippen LogP contribution in [0.2, 0.25) is 0 Å². The predicted octanol–water partition coefficient (Wildman–Crippen LogP) is -1.51. The highest BCUT2D eigenvalue weighted by atomic mass is 16.5. The second-order valence-electron chi connectivity index (χ2n) is 2.45. The van der Waals surface area contributed by atoms with E-state index in [1.54, 1.807) is 6.92 Å². The largest absolute Gasteiger partial charge is 0.394 e. The van der Waals surface area contributed by atoms with E-state index in [4.69, 9.17) is 14.9 Å². The fraction of sp³-hybridized carbons (Fsp3) is 0.857. The zero-order valence-corrected chi connectivity index (χ0v) is 7.28. The van der Waals surface area contributed by atoms with Gasteiger partial charge < -0.3 is 20.3 Å². The number of hydrogen-bond acceptors (Lipinski definition) is 4. The molecule has 0 aliphatic rings. The molecule has 1 unspecified atom stereocenters. The van der Waals surface area contributed by atoms with E-state index in [0.29, 0.717) is 0 Å². The van der Waals surface area contributed by atoms with Gasteiger partial charge in [-0.25, -0.2) is 0 Å². The molecule has 0 saturated carbocycles. The molecule has 72 valence electrons. The lowest BCUT2D eigenvalue weighted by Crippen LogP contribution is -2.44. The molecule has 12 heavy (non-hydrogen) atoms. The number of aliphatic hydroxyl groups excluding tert-OH is 2. The summed E-state index contributed by atoms with van der Waals surface area (Å²) in [6, 6.07) is -0.602. The third-order valence-corrected chi connectivity index (χ3v) is 1.51.